The highest BCUT2D eigenvalue weighted by molar-refractivity contribution is 8.00. The lowest BCUT2D eigenvalue weighted by molar-refractivity contribution is -0.144. The van der Waals surface area contributed by atoms with E-state index in [2.05, 4.69) is 0 Å². The Morgan fingerprint density at radius 1 is 1.75 bits per heavy atom. The summed E-state index contributed by atoms with van der Waals surface area (Å²) in [6.07, 6.45) is 1.87. The van der Waals surface area contributed by atoms with Crippen LogP contribution in [-0.4, -0.2) is 28.1 Å². The first-order valence-corrected chi connectivity index (χ1v) is 5.17. The van der Waals surface area contributed by atoms with E-state index in [9.17, 15) is 4.79 Å². The molecule has 0 saturated heterocycles. The molecule has 1 aliphatic rings. The van der Waals surface area contributed by atoms with Gasteiger partial charge in [0.15, 0.2) is 0 Å². The molecule has 0 spiro atoms. The minimum atomic E-state index is -0.650. The maximum atomic E-state index is 10.6. The van der Waals surface area contributed by atoms with E-state index in [1.54, 1.807) is 11.8 Å². The van der Waals surface area contributed by atoms with Crippen LogP contribution in [0.15, 0.2) is 0 Å². The Morgan fingerprint density at radius 3 is 2.75 bits per heavy atom. The van der Waals surface area contributed by atoms with Crippen molar-refractivity contribution in [1.29, 1.82) is 0 Å². The van der Waals surface area contributed by atoms with E-state index >= 15 is 0 Å². The fraction of sp³-hybridized carbons (Fsp3) is 0.875. The van der Waals surface area contributed by atoms with E-state index in [-0.39, 0.29) is 5.92 Å². The molecule has 70 valence electrons. The highest BCUT2D eigenvalue weighted by Crippen LogP contribution is 2.39. The zero-order valence-corrected chi connectivity index (χ0v) is 8.01. The van der Waals surface area contributed by atoms with Gasteiger partial charge in [-0.15, -0.1) is 0 Å². The van der Waals surface area contributed by atoms with Crippen molar-refractivity contribution in [2.24, 2.45) is 11.7 Å². The zero-order chi connectivity index (χ0) is 9.14. The number of thioether (sulfide) groups is 1. The second kappa shape index (κ2) is 4.14. The van der Waals surface area contributed by atoms with Gasteiger partial charge in [0, 0.05) is 17.0 Å². The molecule has 0 amide bonds. The topological polar surface area (TPSA) is 63.3 Å². The van der Waals surface area contributed by atoms with Crippen molar-refractivity contribution in [2.45, 2.75) is 30.3 Å². The number of carboxylic acids is 1. The van der Waals surface area contributed by atoms with Crippen molar-refractivity contribution in [3.8, 4) is 0 Å². The molecule has 1 fully saturated rings. The van der Waals surface area contributed by atoms with Crippen molar-refractivity contribution in [1.82, 2.24) is 0 Å². The normalized spacial score (nSPS) is 30.8. The first-order valence-electron chi connectivity index (χ1n) is 4.23. The maximum Gasteiger partial charge on any atom is 0.307 e. The predicted molar refractivity (Wildman–Crippen MR) is 50.3 cm³/mol. The Morgan fingerprint density at radius 2 is 2.42 bits per heavy atom. The quantitative estimate of drug-likeness (QED) is 0.690. The second-order valence-electron chi connectivity index (χ2n) is 3.24. The van der Waals surface area contributed by atoms with Gasteiger partial charge in [-0.2, -0.15) is 11.8 Å². The number of hydrogen-bond donors (Lipinski definition) is 2. The summed E-state index contributed by atoms with van der Waals surface area (Å²) in [4.78, 5) is 10.6. The van der Waals surface area contributed by atoms with Gasteiger partial charge in [0.1, 0.15) is 0 Å². The molecular formula is C8H15NO2S. The van der Waals surface area contributed by atoms with Crippen LogP contribution >= 0.6 is 11.8 Å². The third-order valence-corrected chi connectivity index (χ3v) is 3.84. The van der Waals surface area contributed by atoms with Crippen LogP contribution in [0, 0.1) is 5.92 Å². The number of carbonyl (C=O) groups is 1. The molecule has 3 nitrogen and oxygen atoms in total. The number of hydrogen-bond acceptors (Lipinski definition) is 3. The summed E-state index contributed by atoms with van der Waals surface area (Å²) < 4.78 is 0. The average Bonchev–Trinajstić information content (AvgIpc) is 1.96. The summed E-state index contributed by atoms with van der Waals surface area (Å²) in [5.41, 5.74) is 5.45. The van der Waals surface area contributed by atoms with Gasteiger partial charge in [0.2, 0.25) is 0 Å². The van der Waals surface area contributed by atoms with Crippen LogP contribution in [-0.2, 0) is 4.79 Å². The van der Waals surface area contributed by atoms with Gasteiger partial charge >= 0.3 is 5.97 Å². The van der Waals surface area contributed by atoms with E-state index < -0.39 is 5.97 Å². The molecule has 0 bridgehead atoms. The van der Waals surface area contributed by atoms with E-state index in [1.807, 2.05) is 6.92 Å². The zero-order valence-electron chi connectivity index (χ0n) is 7.19. The first-order chi connectivity index (χ1) is 5.65. The van der Waals surface area contributed by atoms with Crippen LogP contribution in [0.4, 0.5) is 0 Å². The number of aliphatic carboxylic acids is 1. The fourth-order valence-electron chi connectivity index (χ4n) is 1.27. The summed E-state index contributed by atoms with van der Waals surface area (Å²) >= 11 is 1.72. The van der Waals surface area contributed by atoms with Crippen molar-refractivity contribution >= 4 is 17.7 Å². The Balaban J connectivity index is 2.29. The number of nitrogens with two attached hydrogens (primary N) is 1. The standard InChI is InChI=1S/C8H15NO2S/c1-5(4-9)12-7-3-2-6(7)8(10)11/h5-7H,2-4,9H2,1H3,(H,10,11). The SMILES string of the molecule is CC(CN)SC1CCC1C(=O)O. The fourth-order valence-corrected chi connectivity index (χ4v) is 2.69. The monoisotopic (exact) mass is 189 g/mol. The average molecular weight is 189 g/mol. The molecule has 0 radical (unpaired) electrons. The van der Waals surface area contributed by atoms with Crippen LogP contribution in [0.3, 0.4) is 0 Å². The van der Waals surface area contributed by atoms with Gasteiger partial charge in [-0.3, -0.25) is 4.79 Å². The third kappa shape index (κ3) is 2.14. The minimum Gasteiger partial charge on any atom is -0.481 e. The third-order valence-electron chi connectivity index (χ3n) is 2.27. The Bertz CT molecular complexity index is 174. The van der Waals surface area contributed by atoms with Crippen LogP contribution in [0.2, 0.25) is 0 Å². The van der Waals surface area contributed by atoms with Gasteiger partial charge in [-0.05, 0) is 12.8 Å². The van der Waals surface area contributed by atoms with E-state index in [0.717, 1.165) is 12.8 Å². The second-order valence-corrected chi connectivity index (χ2v) is 4.93. The summed E-state index contributed by atoms with van der Waals surface area (Å²) in [5, 5.41) is 9.44. The molecular weight excluding hydrogens is 174 g/mol. The molecule has 0 aromatic rings. The molecule has 3 atom stereocenters. The first kappa shape index (κ1) is 9.86. The lowest BCUT2D eigenvalue weighted by Crippen LogP contribution is -2.37. The van der Waals surface area contributed by atoms with Gasteiger partial charge in [-0.1, -0.05) is 6.92 Å². The van der Waals surface area contributed by atoms with Crippen LogP contribution < -0.4 is 5.73 Å². The lowest BCUT2D eigenvalue weighted by Gasteiger charge is -2.34. The summed E-state index contributed by atoms with van der Waals surface area (Å²) in [6.45, 7) is 2.68. The highest BCUT2D eigenvalue weighted by Gasteiger charge is 2.37. The van der Waals surface area contributed by atoms with Crippen molar-refractivity contribution < 1.29 is 9.90 Å². The van der Waals surface area contributed by atoms with E-state index in [4.69, 9.17) is 10.8 Å². The summed E-state index contributed by atoms with van der Waals surface area (Å²) in [7, 11) is 0. The van der Waals surface area contributed by atoms with Crippen LogP contribution in [0.1, 0.15) is 19.8 Å². The van der Waals surface area contributed by atoms with Crippen LogP contribution in [0.5, 0.6) is 0 Å². The number of rotatable bonds is 4. The van der Waals surface area contributed by atoms with E-state index in [1.165, 1.54) is 0 Å². The summed E-state index contributed by atoms with van der Waals surface area (Å²) in [5.74, 6) is -0.771. The Labute approximate surface area is 76.7 Å². The van der Waals surface area contributed by atoms with Gasteiger partial charge in [-0.25, -0.2) is 0 Å². The van der Waals surface area contributed by atoms with Gasteiger partial charge in [0.05, 0.1) is 5.92 Å². The molecule has 4 heteroatoms. The molecule has 3 unspecified atom stereocenters. The Hall–Kier alpha value is -0.220. The molecule has 0 heterocycles. The van der Waals surface area contributed by atoms with Crippen LogP contribution in [0.25, 0.3) is 0 Å². The maximum absolute atomic E-state index is 10.6. The molecule has 0 aromatic heterocycles. The largest absolute Gasteiger partial charge is 0.481 e. The lowest BCUT2D eigenvalue weighted by atomic mass is 9.85. The number of carboxylic acid groups (broad SMARTS) is 1. The molecule has 1 rings (SSSR count). The van der Waals surface area contributed by atoms with Crippen molar-refractivity contribution in [3.63, 3.8) is 0 Å². The van der Waals surface area contributed by atoms with Crippen molar-refractivity contribution in [3.05, 3.63) is 0 Å². The smallest absolute Gasteiger partial charge is 0.307 e. The Kier molecular flexibility index (Phi) is 3.40. The minimum absolute atomic E-state index is 0.121. The molecule has 1 saturated carbocycles. The summed E-state index contributed by atoms with van der Waals surface area (Å²) in [6, 6.07) is 0. The molecule has 1 aliphatic carbocycles. The van der Waals surface area contributed by atoms with Gasteiger partial charge in [0.25, 0.3) is 0 Å². The predicted octanol–water partition coefficient (Wildman–Crippen LogP) is 0.930. The molecule has 0 aromatic carbocycles. The molecule has 3 N–H and O–H groups in total. The molecule has 0 aliphatic heterocycles. The van der Waals surface area contributed by atoms with E-state index in [0.29, 0.717) is 17.0 Å². The highest BCUT2D eigenvalue weighted by atomic mass is 32.2. The van der Waals surface area contributed by atoms with Gasteiger partial charge < -0.3 is 10.8 Å². The molecule has 12 heavy (non-hydrogen) atoms. The van der Waals surface area contributed by atoms with Crippen molar-refractivity contribution in [2.75, 3.05) is 6.54 Å².